The number of aliphatic carboxylic acids is 1. The second-order valence-electron chi connectivity index (χ2n) is 5.24. The zero-order chi connectivity index (χ0) is 15.3. The Balaban J connectivity index is 2.04. The molecule has 1 aromatic rings. The molecule has 0 atom stereocenters. The number of hydrogen-bond donors (Lipinski definition) is 2. The van der Waals surface area contributed by atoms with Crippen LogP contribution in [-0.2, 0) is 14.3 Å². The molecular formula is C16H19NO4. The lowest BCUT2D eigenvalue weighted by molar-refractivity contribution is -0.151. The van der Waals surface area contributed by atoms with Crippen LogP contribution in [0.25, 0.3) is 6.08 Å². The Morgan fingerprint density at radius 2 is 2.05 bits per heavy atom. The number of hydrogen-bond acceptors (Lipinski definition) is 3. The number of aryl methyl sites for hydroxylation is 1. The third-order valence-corrected chi connectivity index (χ3v) is 3.59. The molecule has 1 heterocycles. The number of carbonyl (C=O) groups is 2. The van der Waals surface area contributed by atoms with Crippen molar-refractivity contribution in [1.82, 2.24) is 5.32 Å². The van der Waals surface area contributed by atoms with Crippen LogP contribution in [0.15, 0.2) is 30.3 Å². The SMILES string of the molecule is Cc1cccc(/C=C/C(=O)NC2(C(=O)O)CCOCC2)c1. The van der Waals surface area contributed by atoms with Gasteiger partial charge in [0.2, 0.25) is 5.91 Å². The molecule has 1 amide bonds. The van der Waals surface area contributed by atoms with E-state index in [4.69, 9.17) is 4.74 Å². The summed E-state index contributed by atoms with van der Waals surface area (Å²) < 4.78 is 5.17. The fraction of sp³-hybridized carbons (Fsp3) is 0.375. The molecule has 2 rings (SSSR count). The third-order valence-electron chi connectivity index (χ3n) is 3.59. The summed E-state index contributed by atoms with van der Waals surface area (Å²) >= 11 is 0. The topological polar surface area (TPSA) is 75.6 Å². The highest BCUT2D eigenvalue weighted by Gasteiger charge is 2.41. The average molecular weight is 289 g/mol. The number of nitrogens with one attached hydrogen (secondary N) is 1. The molecule has 0 radical (unpaired) electrons. The molecule has 1 fully saturated rings. The summed E-state index contributed by atoms with van der Waals surface area (Å²) in [5.74, 6) is -1.41. The summed E-state index contributed by atoms with van der Waals surface area (Å²) in [7, 11) is 0. The number of carbonyl (C=O) groups excluding carboxylic acids is 1. The summed E-state index contributed by atoms with van der Waals surface area (Å²) in [5.41, 5.74) is 0.789. The first-order valence-electron chi connectivity index (χ1n) is 6.90. The van der Waals surface area contributed by atoms with Crippen molar-refractivity contribution in [1.29, 1.82) is 0 Å². The number of carboxylic acids is 1. The number of benzene rings is 1. The second-order valence-corrected chi connectivity index (χ2v) is 5.24. The molecule has 112 valence electrons. The highest BCUT2D eigenvalue weighted by atomic mass is 16.5. The molecule has 0 spiro atoms. The number of carboxylic acid groups (broad SMARTS) is 1. The Hall–Kier alpha value is -2.14. The van der Waals surface area contributed by atoms with E-state index in [9.17, 15) is 14.7 Å². The minimum atomic E-state index is -1.22. The summed E-state index contributed by atoms with van der Waals surface area (Å²) in [6.07, 6.45) is 3.62. The van der Waals surface area contributed by atoms with Gasteiger partial charge in [-0.15, -0.1) is 0 Å². The lowest BCUT2D eigenvalue weighted by atomic mass is 9.90. The maximum atomic E-state index is 12.0. The van der Waals surface area contributed by atoms with Crippen LogP contribution in [0.3, 0.4) is 0 Å². The molecule has 1 saturated heterocycles. The molecule has 0 aliphatic carbocycles. The van der Waals surface area contributed by atoms with Crippen LogP contribution >= 0.6 is 0 Å². The predicted molar refractivity (Wildman–Crippen MR) is 78.8 cm³/mol. The maximum Gasteiger partial charge on any atom is 0.329 e. The van der Waals surface area contributed by atoms with Gasteiger partial charge in [0, 0.05) is 32.1 Å². The predicted octanol–water partition coefficient (Wildman–Crippen LogP) is 1.76. The van der Waals surface area contributed by atoms with Gasteiger partial charge in [0.25, 0.3) is 0 Å². The maximum absolute atomic E-state index is 12.0. The summed E-state index contributed by atoms with van der Waals surface area (Å²) in [4.78, 5) is 23.4. The highest BCUT2D eigenvalue weighted by Crippen LogP contribution is 2.21. The Kier molecular flexibility index (Phi) is 4.75. The van der Waals surface area contributed by atoms with E-state index in [2.05, 4.69) is 5.32 Å². The first kappa shape index (κ1) is 15.3. The number of rotatable bonds is 4. The smallest absolute Gasteiger partial charge is 0.329 e. The molecule has 0 bridgehead atoms. The van der Waals surface area contributed by atoms with E-state index in [1.54, 1.807) is 6.08 Å². The van der Waals surface area contributed by atoms with E-state index >= 15 is 0 Å². The van der Waals surface area contributed by atoms with Crippen molar-refractivity contribution in [2.75, 3.05) is 13.2 Å². The molecule has 0 saturated carbocycles. The largest absolute Gasteiger partial charge is 0.480 e. The Labute approximate surface area is 123 Å². The summed E-state index contributed by atoms with van der Waals surface area (Å²) in [6.45, 7) is 2.65. The van der Waals surface area contributed by atoms with Gasteiger partial charge in [-0.3, -0.25) is 4.79 Å². The minimum Gasteiger partial charge on any atom is -0.480 e. The molecule has 5 nitrogen and oxygen atoms in total. The van der Waals surface area contributed by atoms with Crippen molar-refractivity contribution in [3.05, 3.63) is 41.5 Å². The monoisotopic (exact) mass is 289 g/mol. The van der Waals surface area contributed by atoms with E-state index in [0.29, 0.717) is 13.2 Å². The van der Waals surface area contributed by atoms with Crippen LogP contribution in [0.2, 0.25) is 0 Å². The number of amides is 1. The summed E-state index contributed by atoms with van der Waals surface area (Å²) in [6, 6.07) is 7.71. The standard InChI is InChI=1S/C16H19NO4/c1-12-3-2-4-13(11-12)5-6-14(18)17-16(15(19)20)7-9-21-10-8-16/h2-6,11H,7-10H2,1H3,(H,17,18)(H,19,20)/b6-5+. The Morgan fingerprint density at radius 1 is 1.33 bits per heavy atom. The van der Waals surface area contributed by atoms with Crippen LogP contribution in [0, 0.1) is 6.92 Å². The van der Waals surface area contributed by atoms with Crippen LogP contribution in [-0.4, -0.2) is 35.7 Å². The van der Waals surface area contributed by atoms with Crippen LogP contribution in [0.4, 0.5) is 0 Å². The second kappa shape index (κ2) is 6.54. The number of ether oxygens (including phenoxy) is 1. The molecule has 0 unspecified atom stereocenters. The third kappa shape index (κ3) is 3.92. The fourth-order valence-electron chi connectivity index (χ4n) is 2.34. The van der Waals surface area contributed by atoms with Crippen molar-refractivity contribution in [3.8, 4) is 0 Å². The van der Waals surface area contributed by atoms with Crippen molar-refractivity contribution in [3.63, 3.8) is 0 Å². The minimum absolute atomic E-state index is 0.284. The first-order chi connectivity index (χ1) is 10.0. The van der Waals surface area contributed by atoms with E-state index < -0.39 is 17.4 Å². The van der Waals surface area contributed by atoms with E-state index in [-0.39, 0.29) is 12.8 Å². The quantitative estimate of drug-likeness (QED) is 0.828. The summed E-state index contributed by atoms with van der Waals surface area (Å²) in [5, 5.41) is 12.0. The lowest BCUT2D eigenvalue weighted by Gasteiger charge is -2.33. The van der Waals surface area contributed by atoms with E-state index in [0.717, 1.165) is 11.1 Å². The Bertz CT molecular complexity index is 559. The van der Waals surface area contributed by atoms with Crippen molar-refractivity contribution in [2.45, 2.75) is 25.3 Å². The van der Waals surface area contributed by atoms with Gasteiger partial charge in [-0.2, -0.15) is 0 Å². The normalized spacial score (nSPS) is 17.6. The van der Waals surface area contributed by atoms with Crippen LogP contribution in [0.1, 0.15) is 24.0 Å². The molecule has 1 aliphatic rings. The van der Waals surface area contributed by atoms with Gasteiger partial charge in [0.05, 0.1) is 0 Å². The molecular weight excluding hydrogens is 270 g/mol. The molecule has 0 aromatic heterocycles. The van der Waals surface area contributed by atoms with Gasteiger partial charge in [0.15, 0.2) is 0 Å². The van der Waals surface area contributed by atoms with Crippen molar-refractivity contribution in [2.24, 2.45) is 0 Å². The highest BCUT2D eigenvalue weighted by molar-refractivity contribution is 5.95. The van der Waals surface area contributed by atoms with Crippen LogP contribution < -0.4 is 5.32 Å². The van der Waals surface area contributed by atoms with Gasteiger partial charge in [-0.1, -0.05) is 29.8 Å². The zero-order valence-electron chi connectivity index (χ0n) is 12.0. The fourth-order valence-corrected chi connectivity index (χ4v) is 2.34. The van der Waals surface area contributed by atoms with E-state index in [1.165, 1.54) is 6.08 Å². The average Bonchev–Trinajstić information content (AvgIpc) is 2.46. The Morgan fingerprint density at radius 3 is 2.67 bits per heavy atom. The zero-order valence-corrected chi connectivity index (χ0v) is 12.0. The lowest BCUT2D eigenvalue weighted by Crippen LogP contribution is -2.57. The van der Waals surface area contributed by atoms with Gasteiger partial charge >= 0.3 is 5.97 Å². The molecule has 5 heteroatoms. The molecule has 1 aromatic carbocycles. The molecule has 21 heavy (non-hydrogen) atoms. The van der Waals surface area contributed by atoms with Gasteiger partial charge in [0.1, 0.15) is 5.54 Å². The van der Waals surface area contributed by atoms with Crippen LogP contribution in [0.5, 0.6) is 0 Å². The van der Waals surface area contributed by atoms with Gasteiger partial charge in [-0.05, 0) is 18.6 Å². The van der Waals surface area contributed by atoms with Crippen molar-refractivity contribution < 1.29 is 19.4 Å². The van der Waals surface area contributed by atoms with Crippen molar-refractivity contribution >= 4 is 18.0 Å². The molecule has 1 aliphatic heterocycles. The van der Waals surface area contributed by atoms with Gasteiger partial charge < -0.3 is 15.2 Å². The molecule has 2 N–H and O–H groups in total. The van der Waals surface area contributed by atoms with E-state index in [1.807, 2.05) is 31.2 Å². The first-order valence-corrected chi connectivity index (χ1v) is 6.90. The van der Waals surface area contributed by atoms with Gasteiger partial charge in [-0.25, -0.2) is 4.79 Å².